The fraction of sp³-hybridized carbons (Fsp3) is 0.158. The molecule has 3 rings (SSSR count). The lowest BCUT2D eigenvalue weighted by Gasteiger charge is -2.09. The molecule has 0 fully saturated rings. The van der Waals surface area contributed by atoms with E-state index >= 15 is 0 Å². The summed E-state index contributed by atoms with van der Waals surface area (Å²) in [5.74, 6) is -0.196. The summed E-state index contributed by atoms with van der Waals surface area (Å²) in [6, 6.07) is 12.7. The fourth-order valence-corrected chi connectivity index (χ4v) is 2.69. The van der Waals surface area contributed by atoms with Crippen LogP contribution in [0, 0.1) is 10.1 Å². The van der Waals surface area contributed by atoms with E-state index in [9.17, 15) is 19.7 Å². The predicted molar refractivity (Wildman–Crippen MR) is 103 cm³/mol. The molecule has 2 aromatic carbocycles. The number of para-hydroxylation sites is 3. The van der Waals surface area contributed by atoms with Crippen LogP contribution in [0.2, 0.25) is 0 Å². The molecule has 1 aromatic heterocycles. The number of methoxy groups -OCH3 is 1. The highest BCUT2D eigenvalue weighted by atomic mass is 16.6. The number of carbonyl (C=O) groups is 1. The maximum Gasteiger partial charge on any atom is 0.349 e. The molecule has 0 atom stereocenters. The number of anilines is 1. The normalized spacial score (nSPS) is 10.5. The second-order valence-corrected chi connectivity index (χ2v) is 5.78. The maximum atomic E-state index is 12.3. The number of amides is 1. The molecule has 0 saturated heterocycles. The molecule has 1 heterocycles. The monoisotopic (exact) mass is 383 g/mol. The topological polar surface area (TPSA) is 124 Å². The molecule has 0 spiro atoms. The first kappa shape index (κ1) is 18.9. The van der Waals surface area contributed by atoms with Gasteiger partial charge < -0.3 is 19.8 Å². The Morgan fingerprint density at radius 1 is 1.18 bits per heavy atom. The molecule has 3 aromatic rings. The Labute approximate surface area is 159 Å². The number of nitrogens with zero attached hydrogens (tertiary/aromatic N) is 1. The predicted octanol–water partition coefficient (Wildman–Crippen LogP) is 2.55. The van der Waals surface area contributed by atoms with Gasteiger partial charge in [0.25, 0.3) is 11.6 Å². The SMILES string of the molecule is COc1cccc2cc(C(=O)NCCNc3ccccc3[N+](=O)[O-])c(=O)oc12. The Morgan fingerprint density at radius 3 is 2.71 bits per heavy atom. The summed E-state index contributed by atoms with van der Waals surface area (Å²) >= 11 is 0. The smallest absolute Gasteiger partial charge is 0.349 e. The third-order valence-corrected chi connectivity index (χ3v) is 4.02. The van der Waals surface area contributed by atoms with Gasteiger partial charge in [-0.3, -0.25) is 14.9 Å². The van der Waals surface area contributed by atoms with Gasteiger partial charge in [-0.2, -0.15) is 0 Å². The average molecular weight is 383 g/mol. The summed E-state index contributed by atoms with van der Waals surface area (Å²) in [5.41, 5.74) is -0.353. The highest BCUT2D eigenvalue weighted by Crippen LogP contribution is 2.24. The van der Waals surface area contributed by atoms with Gasteiger partial charge in [0, 0.05) is 24.5 Å². The quantitative estimate of drug-likeness (QED) is 0.278. The molecule has 0 aliphatic carbocycles. The zero-order chi connectivity index (χ0) is 20.1. The fourth-order valence-electron chi connectivity index (χ4n) is 2.69. The third-order valence-electron chi connectivity index (χ3n) is 4.02. The number of nitro benzene ring substituents is 1. The first-order valence-electron chi connectivity index (χ1n) is 8.37. The minimum atomic E-state index is -0.777. The van der Waals surface area contributed by atoms with Gasteiger partial charge >= 0.3 is 5.63 Å². The van der Waals surface area contributed by atoms with E-state index in [-0.39, 0.29) is 29.9 Å². The van der Waals surface area contributed by atoms with Gasteiger partial charge in [-0.15, -0.1) is 0 Å². The van der Waals surface area contributed by atoms with Gasteiger partial charge in [0.15, 0.2) is 11.3 Å². The van der Waals surface area contributed by atoms with Crippen molar-refractivity contribution in [3.63, 3.8) is 0 Å². The molecular formula is C19H17N3O6. The molecule has 0 aliphatic rings. The van der Waals surface area contributed by atoms with Crippen molar-refractivity contribution >= 4 is 28.3 Å². The summed E-state index contributed by atoms with van der Waals surface area (Å²) in [7, 11) is 1.46. The van der Waals surface area contributed by atoms with Gasteiger partial charge in [-0.05, 0) is 18.2 Å². The zero-order valence-electron chi connectivity index (χ0n) is 14.9. The zero-order valence-corrected chi connectivity index (χ0v) is 14.9. The Bertz CT molecular complexity index is 1090. The van der Waals surface area contributed by atoms with Crippen LogP contribution >= 0.6 is 0 Å². The standard InChI is InChI=1S/C19H17N3O6/c1-27-16-8-4-5-12-11-13(19(24)28-17(12)16)18(23)21-10-9-20-14-6-2-3-7-15(14)22(25)26/h2-8,11,20H,9-10H2,1H3,(H,21,23). The van der Waals surface area contributed by atoms with Crippen molar-refractivity contribution in [3.05, 3.63) is 74.6 Å². The Morgan fingerprint density at radius 2 is 1.96 bits per heavy atom. The van der Waals surface area contributed by atoms with Crippen LogP contribution in [0.5, 0.6) is 5.75 Å². The van der Waals surface area contributed by atoms with Crippen molar-refractivity contribution in [2.75, 3.05) is 25.5 Å². The van der Waals surface area contributed by atoms with Crippen LogP contribution < -0.4 is 21.0 Å². The van der Waals surface area contributed by atoms with Crippen molar-refractivity contribution in [1.29, 1.82) is 0 Å². The van der Waals surface area contributed by atoms with Gasteiger partial charge in [0.1, 0.15) is 11.3 Å². The van der Waals surface area contributed by atoms with E-state index < -0.39 is 16.5 Å². The molecule has 28 heavy (non-hydrogen) atoms. The Hall–Kier alpha value is -3.88. The van der Waals surface area contributed by atoms with E-state index in [4.69, 9.17) is 9.15 Å². The summed E-state index contributed by atoms with van der Waals surface area (Å²) in [5, 5.41) is 17.0. The summed E-state index contributed by atoms with van der Waals surface area (Å²) in [4.78, 5) is 34.9. The first-order chi connectivity index (χ1) is 13.5. The number of benzene rings is 2. The molecule has 9 heteroatoms. The summed E-state index contributed by atoms with van der Waals surface area (Å²) < 4.78 is 10.4. The Balaban J connectivity index is 1.67. The van der Waals surface area contributed by atoms with E-state index in [2.05, 4.69) is 10.6 Å². The van der Waals surface area contributed by atoms with E-state index in [0.717, 1.165) is 0 Å². The van der Waals surface area contributed by atoms with Gasteiger partial charge in [-0.1, -0.05) is 24.3 Å². The van der Waals surface area contributed by atoms with E-state index in [1.54, 1.807) is 36.4 Å². The van der Waals surface area contributed by atoms with Crippen LogP contribution in [0.4, 0.5) is 11.4 Å². The largest absolute Gasteiger partial charge is 0.493 e. The minimum absolute atomic E-state index is 0.0575. The second kappa shape index (κ2) is 8.21. The second-order valence-electron chi connectivity index (χ2n) is 5.78. The highest BCUT2D eigenvalue weighted by Gasteiger charge is 2.16. The van der Waals surface area contributed by atoms with Crippen molar-refractivity contribution < 1.29 is 18.9 Å². The molecule has 0 radical (unpaired) electrons. The van der Waals surface area contributed by atoms with Crippen LogP contribution in [0.15, 0.2) is 57.7 Å². The molecule has 1 amide bonds. The first-order valence-corrected chi connectivity index (χ1v) is 8.37. The average Bonchev–Trinajstić information content (AvgIpc) is 2.70. The number of hydrogen-bond donors (Lipinski definition) is 2. The molecule has 2 N–H and O–H groups in total. The summed E-state index contributed by atoms with van der Waals surface area (Å²) in [6.07, 6.45) is 0. The van der Waals surface area contributed by atoms with Crippen LogP contribution in [0.3, 0.4) is 0 Å². The van der Waals surface area contributed by atoms with Gasteiger partial charge in [-0.25, -0.2) is 4.79 Å². The number of fused-ring (bicyclic) bond motifs is 1. The van der Waals surface area contributed by atoms with Gasteiger partial charge in [0.05, 0.1) is 12.0 Å². The molecule has 0 bridgehead atoms. The van der Waals surface area contributed by atoms with Crippen LogP contribution in [-0.2, 0) is 0 Å². The Kier molecular flexibility index (Phi) is 5.54. The van der Waals surface area contributed by atoms with Crippen LogP contribution in [0.1, 0.15) is 10.4 Å². The maximum absolute atomic E-state index is 12.3. The molecule has 0 aliphatic heterocycles. The molecular weight excluding hydrogens is 366 g/mol. The molecule has 0 unspecified atom stereocenters. The molecule has 0 saturated carbocycles. The number of carbonyl (C=O) groups excluding carboxylic acids is 1. The minimum Gasteiger partial charge on any atom is -0.493 e. The lowest BCUT2D eigenvalue weighted by molar-refractivity contribution is -0.384. The van der Waals surface area contributed by atoms with Crippen molar-refractivity contribution in [2.45, 2.75) is 0 Å². The lowest BCUT2D eigenvalue weighted by Crippen LogP contribution is -2.32. The lowest BCUT2D eigenvalue weighted by atomic mass is 10.1. The van der Waals surface area contributed by atoms with Crippen molar-refractivity contribution in [1.82, 2.24) is 5.32 Å². The van der Waals surface area contributed by atoms with E-state index in [0.29, 0.717) is 16.8 Å². The highest BCUT2D eigenvalue weighted by molar-refractivity contribution is 5.97. The van der Waals surface area contributed by atoms with E-state index in [1.807, 2.05) is 0 Å². The van der Waals surface area contributed by atoms with E-state index in [1.165, 1.54) is 19.2 Å². The number of nitrogens with one attached hydrogen (secondary N) is 2. The number of rotatable bonds is 7. The van der Waals surface area contributed by atoms with Gasteiger partial charge in [0.2, 0.25) is 0 Å². The van der Waals surface area contributed by atoms with Crippen molar-refractivity contribution in [2.24, 2.45) is 0 Å². The number of ether oxygens (including phenoxy) is 1. The van der Waals surface area contributed by atoms with Crippen LogP contribution in [-0.4, -0.2) is 31.0 Å². The third kappa shape index (κ3) is 3.93. The van der Waals surface area contributed by atoms with Crippen LogP contribution in [0.25, 0.3) is 11.0 Å². The molecule has 9 nitrogen and oxygen atoms in total. The number of hydrogen-bond acceptors (Lipinski definition) is 7. The number of nitro groups is 1. The summed E-state index contributed by atoms with van der Waals surface area (Å²) in [6.45, 7) is 0.393. The molecule has 144 valence electrons. The van der Waals surface area contributed by atoms with Crippen molar-refractivity contribution in [3.8, 4) is 5.75 Å².